The van der Waals surface area contributed by atoms with Gasteiger partial charge in [-0.15, -0.1) is 0 Å². The summed E-state index contributed by atoms with van der Waals surface area (Å²) in [6.45, 7) is 6.01. The fourth-order valence-electron chi connectivity index (χ4n) is 5.02. The first-order valence-electron chi connectivity index (χ1n) is 10.5. The molecule has 0 saturated heterocycles. The summed E-state index contributed by atoms with van der Waals surface area (Å²) in [5, 5.41) is 15.0. The summed E-state index contributed by atoms with van der Waals surface area (Å²) in [6, 6.07) is 17.2. The number of halogens is 1. The molecule has 4 atom stereocenters. The van der Waals surface area contributed by atoms with E-state index in [1.807, 2.05) is 65.6 Å². The second kappa shape index (κ2) is 8.09. The molecule has 0 spiro atoms. The van der Waals surface area contributed by atoms with E-state index >= 15 is 0 Å². The van der Waals surface area contributed by atoms with E-state index in [1.165, 1.54) is 0 Å². The number of fused-ring (bicyclic) bond motifs is 2. The third-order valence-corrected chi connectivity index (χ3v) is 6.52. The molecule has 158 valence electrons. The summed E-state index contributed by atoms with van der Waals surface area (Å²) in [6.07, 6.45) is 2.47. The lowest BCUT2D eigenvalue weighted by Gasteiger charge is -2.45. The molecule has 2 aromatic carbocycles. The lowest BCUT2D eigenvalue weighted by Crippen LogP contribution is -2.55. The van der Waals surface area contributed by atoms with Gasteiger partial charge in [-0.3, -0.25) is 4.79 Å². The highest BCUT2D eigenvalue weighted by Crippen LogP contribution is 2.47. The van der Waals surface area contributed by atoms with Crippen molar-refractivity contribution in [2.24, 2.45) is 11.3 Å². The summed E-state index contributed by atoms with van der Waals surface area (Å²) in [4.78, 5) is 15.3. The van der Waals surface area contributed by atoms with Gasteiger partial charge in [0.1, 0.15) is 12.0 Å². The smallest absolute Gasteiger partial charge is 0.141 e. The summed E-state index contributed by atoms with van der Waals surface area (Å²) < 4.78 is 0. The van der Waals surface area contributed by atoms with Crippen LogP contribution in [0.15, 0.2) is 59.6 Å². The van der Waals surface area contributed by atoms with Crippen LogP contribution >= 0.6 is 11.6 Å². The Morgan fingerprint density at radius 2 is 1.87 bits per heavy atom. The second-order valence-corrected chi connectivity index (χ2v) is 9.67. The molecule has 2 aliphatic rings. The number of anilines is 2. The minimum Gasteiger partial charge on any atom is -0.380 e. The Kier molecular flexibility index (Phi) is 5.65. The Hall–Kier alpha value is -2.30. The van der Waals surface area contributed by atoms with Crippen LogP contribution in [0.3, 0.4) is 0 Å². The number of rotatable bonds is 3. The number of ketones is 1. The van der Waals surface area contributed by atoms with Gasteiger partial charge in [-0.2, -0.15) is 0 Å². The predicted molar refractivity (Wildman–Crippen MR) is 124 cm³/mol. The highest BCUT2D eigenvalue weighted by atomic mass is 35.5. The number of carbonyl (C=O) groups is 1. The molecule has 1 aliphatic heterocycles. The fraction of sp³-hybridized carbons (Fsp3) is 0.400. The number of nitrogens with zero attached hydrogens (tertiary/aromatic N) is 1. The van der Waals surface area contributed by atoms with Crippen LogP contribution in [0.1, 0.15) is 39.2 Å². The van der Waals surface area contributed by atoms with Crippen LogP contribution in [0.25, 0.3) is 6.08 Å². The molecule has 1 aliphatic carbocycles. The predicted octanol–water partition coefficient (Wildman–Crippen LogP) is 5.28. The molecule has 1 heterocycles. The molecular formula is C25H29ClN2O2. The number of nitrogens with one attached hydrogen (secondary N) is 1. The van der Waals surface area contributed by atoms with Crippen molar-refractivity contribution in [3.8, 4) is 0 Å². The van der Waals surface area contributed by atoms with Gasteiger partial charge in [0.2, 0.25) is 0 Å². The molecule has 0 aromatic heterocycles. The third kappa shape index (κ3) is 3.99. The van der Waals surface area contributed by atoms with E-state index in [9.17, 15) is 9.90 Å². The van der Waals surface area contributed by atoms with Crippen LogP contribution in [-0.2, 0) is 4.79 Å². The number of aliphatic hydroxyl groups excluding tert-OH is 1. The Morgan fingerprint density at radius 3 is 2.57 bits per heavy atom. The molecule has 1 fully saturated rings. The minimum absolute atomic E-state index is 0.0610. The average Bonchev–Trinajstić information content (AvgIpc) is 2.82. The number of aliphatic hydroxyl groups is 1. The van der Waals surface area contributed by atoms with E-state index in [2.05, 4.69) is 19.2 Å². The Labute approximate surface area is 183 Å². The molecular weight excluding hydrogens is 396 g/mol. The maximum Gasteiger partial charge on any atom is 0.141 e. The Morgan fingerprint density at radius 1 is 1.20 bits per heavy atom. The van der Waals surface area contributed by atoms with E-state index in [1.54, 1.807) is 6.92 Å². The number of hydrogen-bond donors (Lipinski definition) is 2. The van der Waals surface area contributed by atoms with Crippen molar-refractivity contribution < 1.29 is 9.90 Å². The zero-order valence-corrected chi connectivity index (χ0v) is 18.4. The molecule has 4 unspecified atom stereocenters. The van der Waals surface area contributed by atoms with Gasteiger partial charge in [0.05, 0.1) is 23.3 Å². The van der Waals surface area contributed by atoms with Gasteiger partial charge in [-0.1, -0.05) is 67.9 Å². The first-order valence-corrected chi connectivity index (χ1v) is 10.9. The molecule has 4 nitrogen and oxygen atoms in total. The molecule has 4 rings (SSSR count). The van der Waals surface area contributed by atoms with Crippen LogP contribution in [0.2, 0.25) is 0 Å². The van der Waals surface area contributed by atoms with Crippen LogP contribution in [-0.4, -0.2) is 29.2 Å². The van der Waals surface area contributed by atoms with Gasteiger partial charge in [0.25, 0.3) is 0 Å². The van der Waals surface area contributed by atoms with Crippen molar-refractivity contribution >= 4 is 34.8 Å². The first-order chi connectivity index (χ1) is 14.3. The summed E-state index contributed by atoms with van der Waals surface area (Å²) in [5.41, 5.74) is 2.67. The van der Waals surface area contributed by atoms with Crippen molar-refractivity contribution in [2.45, 2.75) is 51.9 Å². The van der Waals surface area contributed by atoms with E-state index in [4.69, 9.17) is 11.6 Å². The van der Waals surface area contributed by atoms with E-state index in [0.717, 1.165) is 23.4 Å². The quantitative estimate of drug-likeness (QED) is 0.703. The van der Waals surface area contributed by atoms with Crippen LogP contribution < -0.4 is 10.2 Å². The molecule has 0 amide bonds. The van der Waals surface area contributed by atoms with Crippen molar-refractivity contribution in [3.63, 3.8) is 0 Å². The van der Waals surface area contributed by atoms with E-state index in [-0.39, 0.29) is 23.2 Å². The minimum atomic E-state index is -0.808. The fourth-order valence-corrected chi connectivity index (χ4v) is 5.39. The molecule has 5 heteroatoms. The van der Waals surface area contributed by atoms with Crippen LogP contribution in [0.5, 0.6) is 0 Å². The highest BCUT2D eigenvalue weighted by Gasteiger charge is 2.49. The number of para-hydroxylation sites is 2. The first kappa shape index (κ1) is 21.0. The number of carbonyl (C=O) groups excluding carboxylic acids is 1. The van der Waals surface area contributed by atoms with Crippen molar-refractivity contribution in [1.29, 1.82) is 0 Å². The van der Waals surface area contributed by atoms with Crippen LogP contribution in [0, 0.1) is 11.3 Å². The third-order valence-electron chi connectivity index (χ3n) is 6.18. The lowest BCUT2D eigenvalue weighted by molar-refractivity contribution is -0.128. The van der Waals surface area contributed by atoms with Crippen LogP contribution in [0.4, 0.5) is 11.4 Å². The second-order valence-electron chi connectivity index (χ2n) is 9.23. The van der Waals surface area contributed by atoms with Gasteiger partial charge in [0.15, 0.2) is 0 Å². The molecule has 2 aromatic rings. The topological polar surface area (TPSA) is 52.6 Å². The van der Waals surface area contributed by atoms with E-state index < -0.39 is 12.3 Å². The molecule has 0 radical (unpaired) electrons. The summed E-state index contributed by atoms with van der Waals surface area (Å²) >= 11 is 6.96. The van der Waals surface area contributed by atoms with Gasteiger partial charge >= 0.3 is 0 Å². The zero-order valence-electron chi connectivity index (χ0n) is 17.7. The SMILES string of the molecule is CC(O)N1c2ccccc2NC2CC(C)(C)CC(=O)C2C1/C(Cl)=C/c1ccccc1. The van der Waals surface area contributed by atoms with E-state index in [0.29, 0.717) is 11.5 Å². The van der Waals surface area contributed by atoms with Gasteiger partial charge < -0.3 is 15.3 Å². The van der Waals surface area contributed by atoms with Gasteiger partial charge in [-0.25, -0.2) is 0 Å². The summed E-state index contributed by atoms with van der Waals surface area (Å²) in [5.74, 6) is -0.167. The number of benzene rings is 2. The maximum absolute atomic E-state index is 13.4. The lowest BCUT2D eigenvalue weighted by atomic mass is 9.67. The summed E-state index contributed by atoms with van der Waals surface area (Å²) in [7, 11) is 0. The largest absolute Gasteiger partial charge is 0.380 e. The normalized spacial score (nSPS) is 26.8. The van der Waals surface area contributed by atoms with Crippen molar-refractivity contribution in [3.05, 3.63) is 65.2 Å². The number of hydrogen-bond acceptors (Lipinski definition) is 4. The van der Waals surface area contributed by atoms with Crippen molar-refractivity contribution in [2.75, 3.05) is 10.2 Å². The Bertz CT molecular complexity index is 955. The van der Waals surface area contributed by atoms with Gasteiger partial charge in [-0.05, 0) is 42.5 Å². The standard InChI is InChI=1S/C25H29ClN2O2/c1-16(29)28-21-12-8-7-11-19(21)27-20-14-25(2,3)15-22(30)23(20)24(28)18(26)13-17-9-5-4-6-10-17/h4-13,16,20,23-24,27,29H,14-15H2,1-3H3/b18-13-. The number of Topliss-reactive ketones (excluding diaryl/α,β-unsaturated/α-hetero) is 1. The maximum atomic E-state index is 13.4. The monoisotopic (exact) mass is 424 g/mol. The van der Waals surface area contributed by atoms with Gasteiger partial charge in [0, 0.05) is 17.5 Å². The van der Waals surface area contributed by atoms with Crippen molar-refractivity contribution in [1.82, 2.24) is 0 Å². The molecule has 30 heavy (non-hydrogen) atoms. The molecule has 0 bridgehead atoms. The molecule has 2 N–H and O–H groups in total. The average molecular weight is 425 g/mol. The zero-order chi connectivity index (χ0) is 21.5. The Balaban J connectivity index is 1.88. The molecule has 1 saturated carbocycles. The highest BCUT2D eigenvalue weighted by molar-refractivity contribution is 6.32.